The number of rotatable bonds is 7. The molecule has 0 amide bonds. The van der Waals surface area contributed by atoms with Crippen LogP contribution in [0.15, 0.2) is 12.4 Å². The van der Waals surface area contributed by atoms with Gasteiger partial charge < -0.3 is 10.2 Å². The highest BCUT2D eigenvalue weighted by Crippen LogP contribution is 2.09. The van der Waals surface area contributed by atoms with Gasteiger partial charge in [0, 0.05) is 20.1 Å². The van der Waals surface area contributed by atoms with Crippen LogP contribution in [0.5, 0.6) is 0 Å². The summed E-state index contributed by atoms with van der Waals surface area (Å²) in [4.78, 5) is 11.0. The zero-order valence-corrected chi connectivity index (χ0v) is 11.4. The van der Waals surface area contributed by atoms with Crippen molar-refractivity contribution in [1.82, 2.24) is 15.3 Å². The number of nitrogens with one attached hydrogen (secondary N) is 1. The van der Waals surface area contributed by atoms with Gasteiger partial charge in [0.05, 0.1) is 18.1 Å². The molecular formula is C13H24N4. The Labute approximate surface area is 104 Å². The van der Waals surface area contributed by atoms with E-state index in [0.29, 0.717) is 0 Å². The first kappa shape index (κ1) is 13.9. The third-order valence-corrected chi connectivity index (χ3v) is 2.68. The molecule has 17 heavy (non-hydrogen) atoms. The number of aromatic nitrogens is 2. The van der Waals surface area contributed by atoms with Gasteiger partial charge in [-0.3, -0.25) is 4.98 Å². The summed E-state index contributed by atoms with van der Waals surface area (Å²) in [5, 5.41) is 3.24. The molecule has 0 aliphatic rings. The molecule has 0 aliphatic carbocycles. The Bertz CT molecular complexity index is 308. The molecule has 0 radical (unpaired) electrons. The maximum Gasteiger partial charge on any atom is 0.146 e. The molecule has 4 heteroatoms. The summed E-state index contributed by atoms with van der Waals surface area (Å²) in [5.41, 5.74) is 0.993. The van der Waals surface area contributed by atoms with Crippen LogP contribution >= 0.6 is 0 Å². The lowest BCUT2D eigenvalue weighted by molar-refractivity contribution is 0.583. The molecule has 1 heterocycles. The monoisotopic (exact) mass is 236 g/mol. The fraction of sp³-hybridized carbons (Fsp3) is 0.692. The maximum absolute atomic E-state index is 4.43. The van der Waals surface area contributed by atoms with Gasteiger partial charge in [-0.15, -0.1) is 0 Å². The maximum atomic E-state index is 4.43. The Kier molecular flexibility index (Phi) is 5.91. The molecule has 0 aromatic carbocycles. The van der Waals surface area contributed by atoms with Crippen LogP contribution in [0.3, 0.4) is 0 Å². The summed E-state index contributed by atoms with van der Waals surface area (Å²) in [6.45, 7) is 9.33. The molecule has 0 atom stereocenters. The van der Waals surface area contributed by atoms with Crippen LogP contribution in [-0.2, 0) is 6.54 Å². The van der Waals surface area contributed by atoms with E-state index in [4.69, 9.17) is 0 Å². The molecule has 1 aromatic rings. The van der Waals surface area contributed by atoms with Gasteiger partial charge >= 0.3 is 0 Å². The highest BCUT2D eigenvalue weighted by atomic mass is 15.2. The second-order valence-corrected chi connectivity index (χ2v) is 4.75. The zero-order valence-electron chi connectivity index (χ0n) is 11.4. The number of nitrogens with zero attached hydrogens (tertiary/aromatic N) is 3. The fourth-order valence-electron chi connectivity index (χ4n) is 1.46. The summed E-state index contributed by atoms with van der Waals surface area (Å²) in [5.74, 6) is 1.67. The summed E-state index contributed by atoms with van der Waals surface area (Å²) in [7, 11) is 2.07. The van der Waals surface area contributed by atoms with Gasteiger partial charge in [0.2, 0.25) is 0 Å². The van der Waals surface area contributed by atoms with Crippen LogP contribution in [-0.4, -0.2) is 30.1 Å². The van der Waals surface area contributed by atoms with E-state index in [2.05, 4.69) is 48.0 Å². The first-order valence-corrected chi connectivity index (χ1v) is 6.36. The fourth-order valence-corrected chi connectivity index (χ4v) is 1.46. The van der Waals surface area contributed by atoms with Crippen molar-refractivity contribution in [2.24, 2.45) is 5.92 Å². The molecule has 1 rings (SSSR count). The highest BCUT2D eigenvalue weighted by molar-refractivity contribution is 5.34. The second kappa shape index (κ2) is 7.22. The average molecular weight is 236 g/mol. The highest BCUT2D eigenvalue weighted by Gasteiger charge is 2.04. The minimum Gasteiger partial charge on any atom is -0.358 e. The molecule has 1 N–H and O–H groups in total. The van der Waals surface area contributed by atoms with E-state index in [1.54, 1.807) is 0 Å². The van der Waals surface area contributed by atoms with Crippen LogP contribution in [0.4, 0.5) is 5.82 Å². The quantitative estimate of drug-likeness (QED) is 0.787. The Morgan fingerprint density at radius 2 is 2.06 bits per heavy atom. The van der Waals surface area contributed by atoms with Crippen molar-refractivity contribution in [3.8, 4) is 0 Å². The van der Waals surface area contributed by atoms with Gasteiger partial charge in [0.25, 0.3) is 0 Å². The van der Waals surface area contributed by atoms with E-state index in [1.165, 1.54) is 6.42 Å². The van der Waals surface area contributed by atoms with Crippen molar-refractivity contribution in [3.63, 3.8) is 0 Å². The van der Waals surface area contributed by atoms with Crippen molar-refractivity contribution >= 4 is 5.82 Å². The summed E-state index contributed by atoms with van der Waals surface area (Å²) >= 11 is 0. The molecule has 96 valence electrons. The third kappa shape index (κ3) is 5.13. The third-order valence-electron chi connectivity index (χ3n) is 2.68. The van der Waals surface area contributed by atoms with Crippen molar-refractivity contribution in [3.05, 3.63) is 18.1 Å². The number of hydrogen-bond donors (Lipinski definition) is 1. The standard InChI is InChI=1S/C13H24N4/c1-5-14-8-12-9-16-13(10-15-12)17(4)7-6-11(2)3/h9-11,14H,5-8H2,1-4H3. The van der Waals surface area contributed by atoms with Gasteiger partial charge in [-0.1, -0.05) is 20.8 Å². The molecular weight excluding hydrogens is 212 g/mol. The molecule has 0 bridgehead atoms. The molecule has 0 spiro atoms. The van der Waals surface area contributed by atoms with E-state index >= 15 is 0 Å². The minimum atomic E-state index is 0.721. The Morgan fingerprint density at radius 3 is 2.59 bits per heavy atom. The smallest absolute Gasteiger partial charge is 0.146 e. The molecule has 0 saturated heterocycles. The lowest BCUT2D eigenvalue weighted by atomic mass is 10.1. The summed E-state index contributed by atoms with van der Waals surface area (Å²) < 4.78 is 0. The SMILES string of the molecule is CCNCc1cnc(N(C)CCC(C)C)cn1. The Hall–Kier alpha value is -1.16. The number of anilines is 1. The van der Waals surface area contributed by atoms with Crippen molar-refractivity contribution in [2.45, 2.75) is 33.7 Å². The van der Waals surface area contributed by atoms with E-state index in [1.807, 2.05) is 12.4 Å². The second-order valence-electron chi connectivity index (χ2n) is 4.75. The molecule has 0 fully saturated rings. The topological polar surface area (TPSA) is 41.1 Å². The molecule has 0 saturated carbocycles. The summed E-state index contributed by atoms with van der Waals surface area (Å²) in [6.07, 6.45) is 4.88. The van der Waals surface area contributed by atoms with Crippen LogP contribution in [0.1, 0.15) is 32.9 Å². The molecule has 1 aromatic heterocycles. The van der Waals surface area contributed by atoms with Crippen LogP contribution in [0.2, 0.25) is 0 Å². The molecule has 0 unspecified atom stereocenters. The largest absolute Gasteiger partial charge is 0.358 e. The van der Waals surface area contributed by atoms with Gasteiger partial charge in [-0.05, 0) is 18.9 Å². The minimum absolute atomic E-state index is 0.721. The molecule has 4 nitrogen and oxygen atoms in total. The van der Waals surface area contributed by atoms with Crippen molar-refractivity contribution in [2.75, 3.05) is 25.0 Å². The first-order chi connectivity index (χ1) is 8.13. The number of hydrogen-bond acceptors (Lipinski definition) is 4. The van der Waals surface area contributed by atoms with Crippen molar-refractivity contribution in [1.29, 1.82) is 0 Å². The normalized spacial score (nSPS) is 10.9. The van der Waals surface area contributed by atoms with Crippen LogP contribution < -0.4 is 10.2 Å². The first-order valence-electron chi connectivity index (χ1n) is 6.36. The summed E-state index contributed by atoms with van der Waals surface area (Å²) in [6, 6.07) is 0. The van der Waals surface area contributed by atoms with E-state index in [0.717, 1.165) is 37.1 Å². The zero-order chi connectivity index (χ0) is 12.7. The predicted molar refractivity (Wildman–Crippen MR) is 72.1 cm³/mol. The van der Waals surface area contributed by atoms with E-state index in [9.17, 15) is 0 Å². The van der Waals surface area contributed by atoms with Crippen LogP contribution in [0, 0.1) is 5.92 Å². The molecule has 0 aliphatic heterocycles. The Morgan fingerprint density at radius 1 is 1.29 bits per heavy atom. The lowest BCUT2D eigenvalue weighted by Gasteiger charge is -2.18. The van der Waals surface area contributed by atoms with Gasteiger partial charge in [0.1, 0.15) is 5.82 Å². The average Bonchev–Trinajstić information content (AvgIpc) is 2.34. The van der Waals surface area contributed by atoms with Gasteiger partial charge in [-0.2, -0.15) is 0 Å². The van der Waals surface area contributed by atoms with E-state index in [-0.39, 0.29) is 0 Å². The van der Waals surface area contributed by atoms with Crippen molar-refractivity contribution < 1.29 is 0 Å². The van der Waals surface area contributed by atoms with Gasteiger partial charge in [0.15, 0.2) is 0 Å². The van der Waals surface area contributed by atoms with E-state index < -0.39 is 0 Å². The predicted octanol–water partition coefficient (Wildman–Crippen LogP) is 2.07. The van der Waals surface area contributed by atoms with Gasteiger partial charge in [-0.25, -0.2) is 4.98 Å². The Balaban J connectivity index is 2.48. The lowest BCUT2D eigenvalue weighted by Crippen LogP contribution is -2.21. The van der Waals surface area contributed by atoms with Crippen LogP contribution in [0.25, 0.3) is 0 Å².